The van der Waals surface area contributed by atoms with Crippen LogP contribution in [0.25, 0.3) is 11.3 Å². The summed E-state index contributed by atoms with van der Waals surface area (Å²) in [5.74, 6) is -1.54. The van der Waals surface area contributed by atoms with Gasteiger partial charge in [0.2, 0.25) is 23.4 Å². The summed E-state index contributed by atoms with van der Waals surface area (Å²) in [7, 11) is 4.38. The fraction of sp³-hybridized carbons (Fsp3) is 0.200. The van der Waals surface area contributed by atoms with Crippen LogP contribution in [0.2, 0.25) is 0 Å². The largest absolute Gasteiger partial charge is 0.548 e. The topological polar surface area (TPSA) is 176 Å². The number of aromatic nitrogens is 2. The van der Waals surface area contributed by atoms with Gasteiger partial charge in [-0.3, -0.25) is 9.89 Å². The zero-order chi connectivity index (χ0) is 26.5. The van der Waals surface area contributed by atoms with E-state index in [4.69, 9.17) is 24.7 Å². The van der Waals surface area contributed by atoms with Gasteiger partial charge in [0.25, 0.3) is 0 Å². The Bertz CT molecular complexity index is 1510. The van der Waals surface area contributed by atoms with Gasteiger partial charge in [0.1, 0.15) is 17.1 Å². The SMILES string of the molecule is COc1cc(-c2[nH]nc3c2[C@]2(C(=O)N(CC(=O)[O-])c4ccccc42)C(C#N)=C(N)O3)cc(OC)c1OC. The number of hydrogen-bond donors (Lipinski definition) is 2. The molecule has 1 atom stereocenters. The predicted molar refractivity (Wildman–Crippen MR) is 126 cm³/mol. The van der Waals surface area contributed by atoms with Gasteiger partial charge in [-0.25, -0.2) is 0 Å². The van der Waals surface area contributed by atoms with Gasteiger partial charge in [-0.05, 0) is 18.2 Å². The van der Waals surface area contributed by atoms with Gasteiger partial charge in [0.15, 0.2) is 11.5 Å². The highest BCUT2D eigenvalue weighted by Crippen LogP contribution is 2.57. The van der Waals surface area contributed by atoms with Crippen LogP contribution in [0.5, 0.6) is 23.1 Å². The molecule has 37 heavy (non-hydrogen) atoms. The second kappa shape index (κ2) is 8.49. The molecule has 3 N–H and O–H groups in total. The maximum Gasteiger partial charge on any atom is 0.248 e. The lowest BCUT2D eigenvalue weighted by atomic mass is 9.68. The summed E-state index contributed by atoms with van der Waals surface area (Å²) in [6.07, 6.45) is 0. The minimum atomic E-state index is -1.85. The number of amides is 1. The number of para-hydroxylation sites is 1. The molecule has 12 heteroatoms. The Kier molecular flexibility index (Phi) is 5.40. The molecule has 2 aliphatic rings. The minimum absolute atomic E-state index is 0.0429. The average Bonchev–Trinajstić information content (AvgIpc) is 3.42. The van der Waals surface area contributed by atoms with Crippen molar-refractivity contribution in [1.82, 2.24) is 10.2 Å². The summed E-state index contributed by atoms with van der Waals surface area (Å²) < 4.78 is 22.0. The Hall–Kier alpha value is -5.18. The smallest absolute Gasteiger partial charge is 0.248 e. The lowest BCUT2D eigenvalue weighted by Crippen LogP contribution is -2.48. The van der Waals surface area contributed by atoms with Crippen LogP contribution in [0.3, 0.4) is 0 Å². The highest BCUT2D eigenvalue weighted by molar-refractivity contribution is 6.16. The van der Waals surface area contributed by atoms with E-state index in [2.05, 4.69) is 10.2 Å². The van der Waals surface area contributed by atoms with Gasteiger partial charge >= 0.3 is 0 Å². The molecule has 5 rings (SSSR count). The van der Waals surface area contributed by atoms with E-state index >= 15 is 0 Å². The van der Waals surface area contributed by atoms with E-state index in [1.807, 2.05) is 6.07 Å². The number of methoxy groups -OCH3 is 3. The van der Waals surface area contributed by atoms with E-state index in [0.717, 1.165) is 4.90 Å². The summed E-state index contributed by atoms with van der Waals surface area (Å²) in [5.41, 5.74) is 5.67. The molecule has 0 radical (unpaired) electrons. The van der Waals surface area contributed by atoms with Crippen molar-refractivity contribution in [3.63, 3.8) is 0 Å². The molecular weight excluding hydrogens is 482 g/mol. The first kappa shape index (κ1) is 23.6. The monoisotopic (exact) mass is 502 g/mol. The molecule has 1 amide bonds. The Labute approximate surface area is 210 Å². The number of H-pyrrole nitrogens is 1. The number of fused-ring (bicyclic) bond motifs is 4. The normalized spacial score (nSPS) is 17.7. The van der Waals surface area contributed by atoms with Gasteiger partial charge in [-0.15, -0.1) is 5.10 Å². The number of nitriles is 1. The minimum Gasteiger partial charge on any atom is -0.548 e. The van der Waals surface area contributed by atoms with Crippen LogP contribution in [0.15, 0.2) is 47.9 Å². The molecule has 188 valence electrons. The molecule has 0 unspecified atom stereocenters. The molecule has 0 bridgehead atoms. The lowest BCUT2D eigenvalue weighted by Gasteiger charge is -2.33. The fourth-order valence-corrected chi connectivity index (χ4v) is 5.01. The molecule has 1 spiro atoms. The summed E-state index contributed by atoms with van der Waals surface area (Å²) in [6, 6.07) is 11.8. The Morgan fingerprint density at radius 3 is 2.49 bits per heavy atom. The number of hydrogen-bond acceptors (Lipinski definition) is 10. The van der Waals surface area contributed by atoms with Crippen LogP contribution in [0.1, 0.15) is 11.1 Å². The summed E-state index contributed by atoms with van der Waals surface area (Å²) in [6.45, 7) is -0.732. The van der Waals surface area contributed by atoms with Gasteiger partial charge in [-0.2, -0.15) is 5.26 Å². The van der Waals surface area contributed by atoms with Crippen molar-refractivity contribution in [1.29, 1.82) is 5.26 Å². The molecule has 3 heterocycles. The molecule has 0 saturated heterocycles. The first-order chi connectivity index (χ1) is 17.8. The third-order valence-electron chi connectivity index (χ3n) is 6.45. The number of carboxylic acid groups (broad SMARTS) is 1. The lowest BCUT2D eigenvalue weighted by molar-refractivity contribution is -0.303. The zero-order valence-electron chi connectivity index (χ0n) is 19.9. The van der Waals surface area contributed by atoms with Gasteiger partial charge < -0.3 is 39.5 Å². The number of rotatable bonds is 6. The van der Waals surface area contributed by atoms with E-state index in [1.165, 1.54) is 21.3 Å². The third kappa shape index (κ3) is 3.10. The molecule has 2 aliphatic heterocycles. The zero-order valence-corrected chi connectivity index (χ0v) is 19.9. The maximum atomic E-state index is 14.2. The number of carbonyl (C=O) groups excluding carboxylic acids is 2. The van der Waals surface area contributed by atoms with E-state index in [1.54, 1.807) is 36.4 Å². The van der Waals surface area contributed by atoms with E-state index in [9.17, 15) is 20.0 Å². The van der Waals surface area contributed by atoms with E-state index in [0.29, 0.717) is 39.8 Å². The average molecular weight is 502 g/mol. The third-order valence-corrected chi connectivity index (χ3v) is 6.45. The number of anilines is 1. The molecule has 0 aliphatic carbocycles. The number of aromatic amines is 1. The van der Waals surface area contributed by atoms with Gasteiger partial charge in [-0.1, -0.05) is 18.2 Å². The fourth-order valence-electron chi connectivity index (χ4n) is 5.01. The number of aliphatic carboxylic acids is 1. The molecular formula is C25H20N5O7-. The Morgan fingerprint density at radius 2 is 1.89 bits per heavy atom. The van der Waals surface area contributed by atoms with Crippen molar-refractivity contribution in [3.8, 4) is 40.5 Å². The van der Waals surface area contributed by atoms with Crippen LogP contribution >= 0.6 is 0 Å². The van der Waals surface area contributed by atoms with Crippen molar-refractivity contribution in [2.24, 2.45) is 5.73 Å². The summed E-state index contributed by atoms with van der Waals surface area (Å²) in [4.78, 5) is 26.9. The first-order valence-electron chi connectivity index (χ1n) is 10.9. The van der Waals surface area contributed by atoms with Crippen LogP contribution in [-0.4, -0.2) is 49.9 Å². The van der Waals surface area contributed by atoms with Crippen LogP contribution in [-0.2, 0) is 15.0 Å². The Morgan fingerprint density at radius 1 is 1.22 bits per heavy atom. The van der Waals surface area contributed by atoms with Crippen molar-refractivity contribution in [2.75, 3.05) is 32.8 Å². The second-order valence-corrected chi connectivity index (χ2v) is 8.18. The summed E-state index contributed by atoms with van der Waals surface area (Å²) in [5, 5.41) is 28.9. The molecule has 2 aromatic carbocycles. The van der Waals surface area contributed by atoms with Crippen molar-refractivity contribution in [3.05, 3.63) is 59.0 Å². The number of nitrogens with two attached hydrogens (primary N) is 1. The number of carboxylic acids is 1. The number of nitrogens with one attached hydrogen (secondary N) is 1. The maximum absolute atomic E-state index is 14.2. The second-order valence-electron chi connectivity index (χ2n) is 8.18. The molecule has 1 aromatic heterocycles. The van der Waals surface area contributed by atoms with Crippen LogP contribution in [0, 0.1) is 11.3 Å². The van der Waals surface area contributed by atoms with E-state index in [-0.39, 0.29) is 22.9 Å². The summed E-state index contributed by atoms with van der Waals surface area (Å²) >= 11 is 0. The quantitative estimate of drug-likeness (QED) is 0.484. The molecule has 0 saturated carbocycles. The number of nitrogens with zero attached hydrogens (tertiary/aromatic N) is 3. The van der Waals surface area contributed by atoms with Crippen LogP contribution in [0.4, 0.5) is 5.69 Å². The first-order valence-corrected chi connectivity index (χ1v) is 10.9. The van der Waals surface area contributed by atoms with Crippen LogP contribution < -0.4 is 34.7 Å². The molecule has 0 fully saturated rings. The predicted octanol–water partition coefficient (Wildman–Crippen LogP) is 0.571. The van der Waals surface area contributed by atoms with E-state index < -0.39 is 23.8 Å². The number of ether oxygens (including phenoxy) is 4. The molecule has 3 aromatic rings. The highest BCUT2D eigenvalue weighted by atomic mass is 16.5. The standard InChI is InChI=1S/C25H21N5O7/c1-34-16-8-12(9-17(35-2)21(16)36-3)20-19-23(29-28-20)37-22(27)14(10-26)25(19)13-6-4-5-7-15(13)30(24(25)33)11-18(31)32/h4-9H,11,27H2,1-3H3,(H,28,29)(H,31,32)/p-1/t25-/m1/s1. The van der Waals surface area contributed by atoms with Crippen molar-refractivity contribution < 1.29 is 33.6 Å². The Balaban J connectivity index is 1.86. The van der Waals surface area contributed by atoms with Crippen molar-refractivity contribution >= 4 is 17.6 Å². The highest BCUT2D eigenvalue weighted by Gasteiger charge is 2.61. The molecule has 12 nitrogen and oxygen atoms in total. The number of benzene rings is 2. The number of carbonyl (C=O) groups is 2. The van der Waals surface area contributed by atoms with Crippen molar-refractivity contribution in [2.45, 2.75) is 5.41 Å². The van der Waals surface area contributed by atoms with Gasteiger partial charge in [0, 0.05) is 16.8 Å². The van der Waals surface area contributed by atoms with Gasteiger partial charge in [0.05, 0.1) is 45.1 Å².